The van der Waals surface area contributed by atoms with E-state index in [0.717, 1.165) is 16.8 Å². The van der Waals surface area contributed by atoms with Gasteiger partial charge in [-0.15, -0.1) is 0 Å². The van der Waals surface area contributed by atoms with Gasteiger partial charge in [-0.05, 0) is 12.5 Å². The lowest BCUT2D eigenvalue weighted by Crippen LogP contribution is -2.20. The molecule has 1 N–H and O–H groups in total. The summed E-state index contributed by atoms with van der Waals surface area (Å²) in [6, 6.07) is 0. The van der Waals surface area contributed by atoms with Gasteiger partial charge in [0.1, 0.15) is 6.20 Å². The summed E-state index contributed by atoms with van der Waals surface area (Å²) in [6.45, 7) is 2.05. The van der Waals surface area contributed by atoms with Crippen molar-refractivity contribution in [2.75, 3.05) is 6.54 Å². The molecule has 1 aliphatic heterocycles. The standard InChI is InChI=1S/C6H8N2O3/c1-5-2-6(8(10)11)4-7(9)3-5/h2,4,9H,3H2,1H3. The van der Waals surface area contributed by atoms with Crippen molar-refractivity contribution in [3.8, 4) is 0 Å². The van der Waals surface area contributed by atoms with Gasteiger partial charge in [0, 0.05) is 6.08 Å². The number of hydroxylamine groups is 2. The van der Waals surface area contributed by atoms with Crippen molar-refractivity contribution >= 4 is 0 Å². The van der Waals surface area contributed by atoms with Gasteiger partial charge in [0.25, 0.3) is 5.70 Å². The van der Waals surface area contributed by atoms with E-state index in [1.54, 1.807) is 6.92 Å². The quantitative estimate of drug-likeness (QED) is 0.449. The van der Waals surface area contributed by atoms with Crippen LogP contribution < -0.4 is 0 Å². The number of hydrogen-bond donors (Lipinski definition) is 1. The Hall–Kier alpha value is -1.36. The van der Waals surface area contributed by atoms with Crippen molar-refractivity contribution in [1.82, 2.24) is 5.06 Å². The number of nitro groups is 1. The molecule has 0 saturated heterocycles. The highest BCUT2D eigenvalue weighted by atomic mass is 16.6. The largest absolute Gasteiger partial charge is 0.288 e. The minimum Gasteiger partial charge on any atom is -0.288 e. The molecule has 1 heterocycles. The molecular weight excluding hydrogens is 148 g/mol. The van der Waals surface area contributed by atoms with Gasteiger partial charge in [0.2, 0.25) is 0 Å². The Morgan fingerprint density at radius 2 is 2.45 bits per heavy atom. The molecule has 0 atom stereocenters. The maximum Gasteiger partial charge on any atom is 0.287 e. The molecule has 0 aromatic carbocycles. The number of allylic oxidation sites excluding steroid dienone is 1. The average molecular weight is 156 g/mol. The molecule has 60 valence electrons. The molecule has 0 aromatic rings. The minimum atomic E-state index is -0.536. The van der Waals surface area contributed by atoms with Crippen molar-refractivity contribution < 1.29 is 10.1 Å². The summed E-state index contributed by atoms with van der Waals surface area (Å²) in [4.78, 5) is 9.66. The lowest BCUT2D eigenvalue weighted by Gasteiger charge is -2.14. The summed E-state index contributed by atoms with van der Waals surface area (Å²) in [5.74, 6) is 0. The monoisotopic (exact) mass is 156 g/mol. The molecule has 0 fully saturated rings. The number of hydrogen-bond acceptors (Lipinski definition) is 4. The molecule has 0 radical (unpaired) electrons. The van der Waals surface area contributed by atoms with Crippen LogP contribution in [0.15, 0.2) is 23.5 Å². The third kappa shape index (κ3) is 1.78. The van der Waals surface area contributed by atoms with Crippen LogP contribution in [-0.4, -0.2) is 21.7 Å². The zero-order chi connectivity index (χ0) is 8.43. The second kappa shape index (κ2) is 2.71. The van der Waals surface area contributed by atoms with E-state index in [2.05, 4.69) is 0 Å². The first-order valence-corrected chi connectivity index (χ1v) is 3.08. The molecule has 5 heteroatoms. The number of rotatable bonds is 1. The van der Waals surface area contributed by atoms with Crippen molar-refractivity contribution in [1.29, 1.82) is 0 Å². The maximum atomic E-state index is 10.2. The fraction of sp³-hybridized carbons (Fsp3) is 0.333. The zero-order valence-electron chi connectivity index (χ0n) is 6.02. The van der Waals surface area contributed by atoms with Crippen LogP contribution in [0.25, 0.3) is 0 Å². The molecule has 0 aromatic heterocycles. The molecule has 0 amide bonds. The zero-order valence-corrected chi connectivity index (χ0v) is 6.02. The lowest BCUT2D eigenvalue weighted by molar-refractivity contribution is -0.421. The van der Waals surface area contributed by atoms with Gasteiger partial charge in [-0.25, -0.2) is 0 Å². The first-order valence-electron chi connectivity index (χ1n) is 3.08. The van der Waals surface area contributed by atoms with E-state index in [1.165, 1.54) is 6.08 Å². The van der Waals surface area contributed by atoms with Crippen molar-refractivity contribution in [3.63, 3.8) is 0 Å². The summed E-state index contributed by atoms with van der Waals surface area (Å²) >= 11 is 0. The summed E-state index contributed by atoms with van der Waals surface area (Å²) < 4.78 is 0. The third-order valence-corrected chi connectivity index (χ3v) is 1.30. The van der Waals surface area contributed by atoms with Crippen LogP contribution in [0.2, 0.25) is 0 Å². The van der Waals surface area contributed by atoms with E-state index in [4.69, 9.17) is 5.21 Å². The Balaban J connectivity index is 2.87. The Morgan fingerprint density at radius 1 is 1.82 bits per heavy atom. The van der Waals surface area contributed by atoms with Gasteiger partial charge in [0.15, 0.2) is 0 Å². The van der Waals surface area contributed by atoms with Gasteiger partial charge in [-0.2, -0.15) is 0 Å². The molecule has 0 aliphatic carbocycles. The highest BCUT2D eigenvalue weighted by molar-refractivity contribution is 5.20. The molecule has 1 rings (SSSR count). The van der Waals surface area contributed by atoms with Gasteiger partial charge in [-0.1, -0.05) is 0 Å². The van der Waals surface area contributed by atoms with Gasteiger partial charge < -0.3 is 0 Å². The topological polar surface area (TPSA) is 66.6 Å². The Kier molecular flexibility index (Phi) is 1.91. The Bertz CT molecular complexity index is 244. The van der Waals surface area contributed by atoms with Crippen molar-refractivity contribution in [2.24, 2.45) is 0 Å². The van der Waals surface area contributed by atoms with Gasteiger partial charge in [-0.3, -0.25) is 20.4 Å². The van der Waals surface area contributed by atoms with E-state index in [-0.39, 0.29) is 5.70 Å². The van der Waals surface area contributed by atoms with Gasteiger partial charge >= 0.3 is 0 Å². The molecule has 0 spiro atoms. The Labute approximate surface area is 63.3 Å². The fourth-order valence-corrected chi connectivity index (χ4v) is 0.889. The predicted octanol–water partition coefficient (Wildman–Crippen LogP) is 0.756. The second-order valence-corrected chi connectivity index (χ2v) is 2.40. The predicted molar refractivity (Wildman–Crippen MR) is 37.3 cm³/mol. The molecule has 0 bridgehead atoms. The Morgan fingerprint density at radius 3 is 2.91 bits per heavy atom. The molecule has 1 aliphatic rings. The van der Waals surface area contributed by atoms with Crippen LogP contribution >= 0.6 is 0 Å². The SMILES string of the molecule is CC1=CC([N+](=O)[O-])=CN(O)C1. The van der Waals surface area contributed by atoms with E-state index < -0.39 is 4.92 Å². The molecule has 5 nitrogen and oxygen atoms in total. The van der Waals surface area contributed by atoms with Crippen LogP contribution in [-0.2, 0) is 0 Å². The van der Waals surface area contributed by atoms with E-state index >= 15 is 0 Å². The first-order chi connectivity index (χ1) is 5.09. The third-order valence-electron chi connectivity index (χ3n) is 1.30. The highest BCUT2D eigenvalue weighted by Gasteiger charge is 2.14. The van der Waals surface area contributed by atoms with Crippen molar-refractivity contribution in [2.45, 2.75) is 6.92 Å². The molecule has 11 heavy (non-hydrogen) atoms. The first kappa shape index (κ1) is 7.74. The normalized spacial score (nSPS) is 17.5. The molecule has 0 unspecified atom stereocenters. The van der Waals surface area contributed by atoms with E-state index in [9.17, 15) is 10.1 Å². The van der Waals surface area contributed by atoms with Crippen LogP contribution in [0, 0.1) is 10.1 Å². The second-order valence-electron chi connectivity index (χ2n) is 2.40. The summed E-state index contributed by atoms with van der Waals surface area (Å²) in [6.07, 6.45) is 2.53. The van der Waals surface area contributed by atoms with E-state index in [1.807, 2.05) is 0 Å². The lowest BCUT2D eigenvalue weighted by atomic mass is 10.2. The molecule has 0 saturated carbocycles. The number of nitrogens with zero attached hydrogens (tertiary/aromatic N) is 2. The van der Waals surface area contributed by atoms with Crippen molar-refractivity contribution in [3.05, 3.63) is 33.7 Å². The maximum absolute atomic E-state index is 10.2. The summed E-state index contributed by atoms with van der Waals surface area (Å²) in [5.41, 5.74) is 0.679. The van der Waals surface area contributed by atoms with E-state index in [0.29, 0.717) is 6.54 Å². The minimum absolute atomic E-state index is 0.0868. The highest BCUT2D eigenvalue weighted by Crippen LogP contribution is 2.11. The fourth-order valence-electron chi connectivity index (χ4n) is 0.889. The van der Waals surface area contributed by atoms with Crippen LogP contribution in [0.4, 0.5) is 0 Å². The molecular formula is C6H8N2O3. The smallest absolute Gasteiger partial charge is 0.287 e. The summed E-state index contributed by atoms with van der Waals surface area (Å²) in [5, 5.41) is 19.9. The van der Waals surface area contributed by atoms with Gasteiger partial charge in [0.05, 0.1) is 11.5 Å². The van der Waals surface area contributed by atoms with Crippen LogP contribution in [0.5, 0.6) is 0 Å². The average Bonchev–Trinajstić information content (AvgIpc) is 1.85. The van der Waals surface area contributed by atoms with Crippen LogP contribution in [0.1, 0.15) is 6.92 Å². The summed E-state index contributed by atoms with van der Waals surface area (Å²) in [7, 11) is 0. The van der Waals surface area contributed by atoms with Crippen LogP contribution in [0.3, 0.4) is 0 Å².